The number of phosphoric acid groups is 3. The maximum absolute atomic E-state index is 9.63. The molecule has 20 heavy (non-hydrogen) atoms. The molecular formula is H13Na6O11P3. The molecule has 11 nitrogen and oxygen atoms in total. The van der Waals surface area contributed by atoms with Crippen LogP contribution in [0.15, 0.2) is 0 Å². The molecule has 0 aromatic heterocycles. The molecule has 20 heteroatoms. The van der Waals surface area contributed by atoms with Crippen LogP contribution in [0.1, 0.15) is 8.56 Å². The van der Waals surface area contributed by atoms with Crippen molar-refractivity contribution in [2.45, 2.75) is 0 Å². The Balaban J connectivity index is -0.00000000661. The van der Waals surface area contributed by atoms with E-state index in [1.807, 2.05) is 0 Å². The number of rotatable bonds is 2. The molecule has 0 amide bonds. The van der Waals surface area contributed by atoms with E-state index in [2.05, 4.69) is 4.31 Å². The Hall–Kier alpha value is 6.37. The van der Waals surface area contributed by atoms with Gasteiger partial charge in [-0.2, -0.15) is 4.31 Å². The van der Waals surface area contributed by atoms with Crippen LogP contribution >= 0.6 is 23.5 Å². The van der Waals surface area contributed by atoms with Crippen LogP contribution in [-0.2, 0) is 18.0 Å². The van der Waals surface area contributed by atoms with E-state index in [-0.39, 0.29) is 186 Å². The van der Waals surface area contributed by atoms with Crippen molar-refractivity contribution < 1.29 is 238 Å². The number of hydrogen-bond acceptors (Lipinski definition) is 4. The van der Waals surface area contributed by atoms with Crippen molar-refractivity contribution in [2.75, 3.05) is 0 Å². The standard InChI is InChI=1S/6Na.H4O7P2.H3O4P.6H/c;;;;;;1-8(2,3)7-9(4,5)6;1-5(2,3)4;;;;;;/h;;;;;;(H2,1,2,3)(H2,4,5,6);(H3,1,2,3,4);;;;;;/q6*+1;;;6*-1. The third-order valence-electron chi connectivity index (χ3n) is 0.213. The maximum Gasteiger partial charge on any atom is 1.00 e. The summed E-state index contributed by atoms with van der Waals surface area (Å²) in [5, 5.41) is 0. The first-order valence-corrected chi connectivity index (χ1v) is 6.94. The van der Waals surface area contributed by atoms with E-state index in [0.29, 0.717) is 0 Å². The van der Waals surface area contributed by atoms with Gasteiger partial charge in [0.25, 0.3) is 0 Å². The maximum atomic E-state index is 9.63. The first-order valence-electron chi connectivity index (χ1n) is 2.31. The predicted octanol–water partition coefficient (Wildman–Crippen LogP) is -19.0. The van der Waals surface area contributed by atoms with E-state index in [1.165, 1.54) is 0 Å². The summed E-state index contributed by atoms with van der Waals surface area (Å²) in [6.07, 6.45) is 0. The third-order valence-corrected chi connectivity index (χ3v) is 1.91. The molecule has 0 bridgehead atoms. The first-order chi connectivity index (χ1) is 5.71. The van der Waals surface area contributed by atoms with E-state index in [4.69, 9.17) is 38.8 Å². The van der Waals surface area contributed by atoms with Gasteiger partial charge in [0.2, 0.25) is 0 Å². The van der Waals surface area contributed by atoms with Gasteiger partial charge in [0.05, 0.1) is 0 Å². The van der Waals surface area contributed by atoms with Gasteiger partial charge in [-0.3, -0.25) is 0 Å². The minimum atomic E-state index is -5.05. The molecule has 0 aromatic carbocycles. The zero-order valence-electron chi connectivity index (χ0n) is 18.1. The molecule has 0 aliphatic heterocycles. The van der Waals surface area contributed by atoms with E-state index < -0.39 is 23.5 Å². The summed E-state index contributed by atoms with van der Waals surface area (Å²) < 4.78 is 31.1. The fourth-order valence-electron chi connectivity index (χ4n) is 0.139. The van der Waals surface area contributed by atoms with Crippen molar-refractivity contribution in [3.8, 4) is 0 Å². The Morgan fingerprint density at radius 2 is 0.650 bits per heavy atom. The molecule has 0 spiro atoms. The molecule has 0 aromatic rings. The van der Waals surface area contributed by atoms with Crippen molar-refractivity contribution in [3.63, 3.8) is 0 Å². The SMILES string of the molecule is O=P(O)(O)O.O=P(O)(O)OP(=O)(O)O.[H-].[H-].[H-].[H-].[H-].[H-].[Na+].[Na+].[Na+].[Na+].[Na+].[Na+]. The quantitative estimate of drug-likeness (QED) is 0.165. The summed E-state index contributed by atoms with van der Waals surface area (Å²) in [6, 6.07) is 0. The van der Waals surface area contributed by atoms with Crippen LogP contribution in [0.2, 0.25) is 0 Å². The van der Waals surface area contributed by atoms with Crippen molar-refractivity contribution in [2.24, 2.45) is 0 Å². The summed E-state index contributed by atoms with van der Waals surface area (Å²) in [7, 11) is -14.7. The van der Waals surface area contributed by atoms with Crippen LogP contribution in [0, 0.1) is 0 Å². The summed E-state index contributed by atoms with van der Waals surface area (Å²) in [6.45, 7) is 0. The average Bonchev–Trinajstić information content (AvgIpc) is 1.42. The van der Waals surface area contributed by atoms with Crippen LogP contribution in [-0.4, -0.2) is 34.3 Å². The van der Waals surface area contributed by atoms with Gasteiger partial charge < -0.3 is 42.8 Å². The summed E-state index contributed by atoms with van der Waals surface area (Å²) in [5.41, 5.74) is 0. The molecule has 0 saturated carbocycles. The predicted molar refractivity (Wildman–Crippen MR) is 46.1 cm³/mol. The Labute approximate surface area is 256 Å². The van der Waals surface area contributed by atoms with Gasteiger partial charge in [-0.15, -0.1) is 0 Å². The van der Waals surface area contributed by atoms with Crippen molar-refractivity contribution in [3.05, 3.63) is 0 Å². The largest absolute Gasteiger partial charge is 1.00 e. The second kappa shape index (κ2) is 23.4. The fourth-order valence-corrected chi connectivity index (χ4v) is 1.25. The second-order valence-corrected chi connectivity index (χ2v) is 5.22. The van der Waals surface area contributed by atoms with Gasteiger partial charge in [0.15, 0.2) is 0 Å². The molecule has 7 N–H and O–H groups in total. The second-order valence-electron chi connectivity index (χ2n) is 1.58. The van der Waals surface area contributed by atoms with E-state index in [9.17, 15) is 9.13 Å². The third kappa shape index (κ3) is 87.0. The van der Waals surface area contributed by atoms with Crippen LogP contribution < -0.4 is 177 Å². The van der Waals surface area contributed by atoms with Crippen LogP contribution in [0.4, 0.5) is 0 Å². The molecule has 100 valence electrons. The number of hydrogen-bond donors (Lipinski definition) is 7. The van der Waals surface area contributed by atoms with Gasteiger partial charge in [-0.25, -0.2) is 13.7 Å². The molecule has 0 aliphatic carbocycles. The van der Waals surface area contributed by atoms with E-state index in [0.717, 1.165) is 0 Å². The Morgan fingerprint density at radius 1 is 0.550 bits per heavy atom. The zero-order valence-corrected chi connectivity index (χ0v) is 26.8. The average molecular weight is 420 g/mol. The summed E-state index contributed by atoms with van der Waals surface area (Å²) in [4.78, 5) is 52.6. The normalized spacial score (nSPS) is 9.15. The first kappa shape index (κ1) is 50.3. The molecule has 0 fully saturated rings. The zero-order chi connectivity index (χ0) is 12.2. The van der Waals surface area contributed by atoms with Gasteiger partial charge in [0.1, 0.15) is 0 Å². The smallest absolute Gasteiger partial charge is 1.00 e. The minimum Gasteiger partial charge on any atom is -1.00 e. The Morgan fingerprint density at radius 3 is 0.650 bits per heavy atom. The van der Waals surface area contributed by atoms with Crippen LogP contribution in [0.3, 0.4) is 0 Å². The summed E-state index contributed by atoms with van der Waals surface area (Å²) in [5.74, 6) is 0. The molecule has 0 aliphatic rings. The molecule has 0 unspecified atom stereocenters. The monoisotopic (exact) mass is 420 g/mol. The molecule has 0 saturated heterocycles. The molecule has 0 atom stereocenters. The van der Waals surface area contributed by atoms with Gasteiger partial charge in [-0.05, 0) is 0 Å². The van der Waals surface area contributed by atoms with E-state index >= 15 is 0 Å². The van der Waals surface area contributed by atoms with Crippen molar-refractivity contribution >= 4 is 23.5 Å². The summed E-state index contributed by atoms with van der Waals surface area (Å²) >= 11 is 0. The van der Waals surface area contributed by atoms with Gasteiger partial charge >= 0.3 is 201 Å². The molecule has 0 heterocycles. The van der Waals surface area contributed by atoms with Gasteiger partial charge in [0, 0.05) is 0 Å². The van der Waals surface area contributed by atoms with Gasteiger partial charge in [-0.1, -0.05) is 0 Å². The van der Waals surface area contributed by atoms with Crippen LogP contribution in [0.5, 0.6) is 0 Å². The fraction of sp³-hybridized carbons (Fsp3) is 0. The van der Waals surface area contributed by atoms with Crippen LogP contribution in [0.25, 0.3) is 0 Å². The minimum absolute atomic E-state index is 0. The van der Waals surface area contributed by atoms with Crippen molar-refractivity contribution in [1.29, 1.82) is 0 Å². The molecular weight excluding hydrogens is 407 g/mol. The van der Waals surface area contributed by atoms with Crippen molar-refractivity contribution in [1.82, 2.24) is 0 Å². The Bertz CT molecular complexity index is 291. The van der Waals surface area contributed by atoms with E-state index in [1.54, 1.807) is 0 Å². The molecule has 0 radical (unpaired) electrons. The topological polar surface area (TPSA) is 202 Å². The molecule has 0 rings (SSSR count). The Kier molecular flexibility index (Phi) is 58.9.